The Morgan fingerprint density at radius 2 is 1.67 bits per heavy atom. The van der Waals surface area contributed by atoms with Crippen LogP contribution in [-0.4, -0.2) is 75.6 Å². The summed E-state index contributed by atoms with van der Waals surface area (Å²) in [6.07, 6.45) is 2.76. The highest BCUT2D eigenvalue weighted by atomic mass is 32.2. The van der Waals surface area contributed by atoms with Gasteiger partial charge in [0.15, 0.2) is 0 Å². The van der Waals surface area contributed by atoms with Crippen molar-refractivity contribution in [3.8, 4) is 11.8 Å². The minimum absolute atomic E-state index is 0.0371. The maximum atomic E-state index is 11.9. The maximum Gasteiger partial charge on any atom is 0.421 e. The van der Waals surface area contributed by atoms with Crippen LogP contribution in [0.15, 0.2) is 0 Å². The molecule has 0 aromatic heterocycles. The minimum Gasteiger partial charge on any atom is -0.449 e. The zero-order valence-electron chi connectivity index (χ0n) is 15.4. The monoisotopic (exact) mass is 403 g/mol. The Morgan fingerprint density at radius 3 is 2.22 bits per heavy atom. The minimum atomic E-state index is -4.02. The lowest BCUT2D eigenvalue weighted by molar-refractivity contribution is 0.143. The number of carbonyl (C=O) groups is 1. The van der Waals surface area contributed by atoms with Crippen LogP contribution in [0.5, 0.6) is 0 Å². The van der Waals surface area contributed by atoms with Gasteiger partial charge in [0.05, 0.1) is 19.8 Å². The van der Waals surface area contributed by atoms with Crippen molar-refractivity contribution in [1.29, 1.82) is 0 Å². The lowest BCUT2D eigenvalue weighted by Crippen LogP contribution is -2.44. The molecule has 2 aliphatic rings. The Hall–Kier alpha value is -1.38. The number of fused-ring (bicyclic) bond motifs is 1. The number of ether oxygens (including phenoxy) is 1. The second-order valence-electron chi connectivity index (χ2n) is 6.81. The first kappa shape index (κ1) is 21.9. The summed E-state index contributed by atoms with van der Waals surface area (Å²) in [6, 6.07) is 0. The van der Waals surface area contributed by atoms with E-state index in [0.717, 1.165) is 25.7 Å². The SMILES string of the molecule is O=C(NS(=O)(=O)NCCN(CCO)CCO)OC[C@@H]1[C@@H]2CCC#CCC[C@@H]21. The third kappa shape index (κ3) is 7.63. The van der Waals surface area contributed by atoms with Crippen LogP contribution in [0.2, 0.25) is 0 Å². The molecule has 10 heteroatoms. The third-order valence-corrected chi connectivity index (χ3v) is 6.04. The summed E-state index contributed by atoms with van der Waals surface area (Å²) in [5.74, 6) is 7.56. The molecule has 154 valence electrons. The van der Waals surface area contributed by atoms with E-state index in [2.05, 4.69) is 16.6 Å². The highest BCUT2D eigenvalue weighted by Crippen LogP contribution is 2.52. The molecular formula is C17H29N3O6S. The predicted octanol–water partition coefficient (Wildman–Crippen LogP) is -0.727. The summed E-state index contributed by atoms with van der Waals surface area (Å²) >= 11 is 0. The number of nitrogens with one attached hydrogen (secondary N) is 2. The van der Waals surface area contributed by atoms with E-state index in [9.17, 15) is 13.2 Å². The molecule has 2 rings (SSSR count). The van der Waals surface area contributed by atoms with Crippen LogP contribution in [0.4, 0.5) is 4.79 Å². The number of aliphatic hydroxyl groups excluding tert-OH is 2. The molecule has 0 aliphatic heterocycles. The Morgan fingerprint density at radius 1 is 1.07 bits per heavy atom. The summed E-state index contributed by atoms with van der Waals surface area (Å²) in [4.78, 5) is 13.5. The van der Waals surface area contributed by atoms with Crippen molar-refractivity contribution in [3.05, 3.63) is 0 Å². The predicted molar refractivity (Wildman–Crippen MR) is 98.7 cm³/mol. The van der Waals surface area contributed by atoms with Gasteiger partial charge in [0.2, 0.25) is 0 Å². The van der Waals surface area contributed by atoms with Gasteiger partial charge in [-0.05, 0) is 30.6 Å². The molecule has 2 aliphatic carbocycles. The molecule has 1 fully saturated rings. The fourth-order valence-electron chi connectivity index (χ4n) is 3.59. The number of hydrogen-bond acceptors (Lipinski definition) is 7. The first-order valence-corrected chi connectivity index (χ1v) is 10.8. The van der Waals surface area contributed by atoms with Gasteiger partial charge in [0.25, 0.3) is 0 Å². The molecule has 0 radical (unpaired) electrons. The molecule has 4 N–H and O–H groups in total. The normalized spacial score (nSPS) is 24.2. The molecule has 1 amide bonds. The van der Waals surface area contributed by atoms with Crippen LogP contribution in [0.1, 0.15) is 25.7 Å². The van der Waals surface area contributed by atoms with Gasteiger partial charge in [-0.2, -0.15) is 13.1 Å². The van der Waals surface area contributed by atoms with Gasteiger partial charge < -0.3 is 14.9 Å². The topological polar surface area (TPSA) is 128 Å². The third-order valence-electron chi connectivity index (χ3n) is 5.02. The molecule has 0 heterocycles. The van der Waals surface area contributed by atoms with E-state index in [1.54, 1.807) is 4.90 Å². The molecule has 27 heavy (non-hydrogen) atoms. The van der Waals surface area contributed by atoms with E-state index in [-0.39, 0.29) is 26.4 Å². The summed E-state index contributed by atoms with van der Waals surface area (Å²) in [7, 11) is -4.02. The van der Waals surface area contributed by atoms with Gasteiger partial charge in [-0.15, -0.1) is 11.8 Å². The van der Waals surface area contributed by atoms with Gasteiger partial charge in [-0.25, -0.2) is 9.52 Å². The summed E-state index contributed by atoms with van der Waals surface area (Å²) < 4.78 is 32.9. The first-order valence-electron chi connectivity index (χ1n) is 9.31. The zero-order valence-corrected chi connectivity index (χ0v) is 16.2. The fraction of sp³-hybridized carbons (Fsp3) is 0.824. The number of aliphatic hydroxyl groups is 2. The van der Waals surface area contributed by atoms with Crippen molar-refractivity contribution in [3.63, 3.8) is 0 Å². The van der Waals surface area contributed by atoms with Crippen LogP contribution in [0, 0.1) is 29.6 Å². The highest BCUT2D eigenvalue weighted by molar-refractivity contribution is 7.88. The Labute approximate surface area is 160 Å². The molecule has 3 atom stereocenters. The lowest BCUT2D eigenvalue weighted by Gasteiger charge is -2.20. The van der Waals surface area contributed by atoms with Gasteiger partial charge in [0.1, 0.15) is 0 Å². The molecular weight excluding hydrogens is 374 g/mol. The molecule has 9 nitrogen and oxygen atoms in total. The van der Waals surface area contributed by atoms with E-state index in [0.29, 0.717) is 37.4 Å². The van der Waals surface area contributed by atoms with Crippen molar-refractivity contribution in [2.75, 3.05) is 46.0 Å². The van der Waals surface area contributed by atoms with Gasteiger partial charge in [0, 0.05) is 39.0 Å². The number of hydrogen-bond donors (Lipinski definition) is 4. The van der Waals surface area contributed by atoms with E-state index < -0.39 is 16.3 Å². The van der Waals surface area contributed by atoms with Gasteiger partial charge >= 0.3 is 16.3 Å². The Kier molecular flexibility index (Phi) is 8.79. The highest BCUT2D eigenvalue weighted by Gasteiger charge is 2.49. The van der Waals surface area contributed by atoms with E-state index >= 15 is 0 Å². The molecule has 0 aromatic carbocycles. The quantitative estimate of drug-likeness (QED) is 0.335. The van der Waals surface area contributed by atoms with Crippen LogP contribution >= 0.6 is 0 Å². The number of rotatable bonds is 11. The molecule has 0 aromatic rings. The smallest absolute Gasteiger partial charge is 0.421 e. The van der Waals surface area contributed by atoms with E-state index in [1.165, 1.54) is 0 Å². The number of nitrogens with zero attached hydrogens (tertiary/aromatic N) is 1. The van der Waals surface area contributed by atoms with Crippen LogP contribution in [0.3, 0.4) is 0 Å². The Bertz CT molecular complexity index is 621. The standard InChI is InChI=1S/C17H29N3O6S/c21-11-9-20(10-12-22)8-7-18-27(24,25)19-17(23)26-13-16-14-5-3-1-2-4-6-15(14)16/h14-16,18,21-22H,3-13H2,(H,19,23)/t14-,15+,16-. The largest absolute Gasteiger partial charge is 0.449 e. The van der Waals surface area contributed by atoms with Crippen LogP contribution in [0.25, 0.3) is 0 Å². The van der Waals surface area contributed by atoms with Crippen molar-refractivity contribution >= 4 is 16.3 Å². The second kappa shape index (κ2) is 10.8. The first-order chi connectivity index (χ1) is 13.0. The molecule has 0 saturated heterocycles. The number of amides is 1. The molecule has 1 saturated carbocycles. The zero-order chi connectivity index (χ0) is 19.7. The maximum absolute atomic E-state index is 11.9. The van der Waals surface area contributed by atoms with Crippen molar-refractivity contribution in [1.82, 2.24) is 14.3 Å². The van der Waals surface area contributed by atoms with Crippen molar-refractivity contribution < 1.29 is 28.2 Å². The van der Waals surface area contributed by atoms with Crippen LogP contribution in [-0.2, 0) is 14.9 Å². The Balaban J connectivity index is 1.65. The molecule has 0 spiro atoms. The van der Waals surface area contributed by atoms with Crippen molar-refractivity contribution in [2.24, 2.45) is 17.8 Å². The average molecular weight is 404 g/mol. The van der Waals surface area contributed by atoms with E-state index in [1.807, 2.05) is 4.72 Å². The number of carbonyl (C=O) groups excluding carboxylic acids is 1. The lowest BCUT2D eigenvalue weighted by atomic mass is 10.1. The summed E-state index contributed by atoms with van der Waals surface area (Å²) in [5.41, 5.74) is 0. The summed E-state index contributed by atoms with van der Waals surface area (Å²) in [6.45, 7) is 1.02. The van der Waals surface area contributed by atoms with Gasteiger partial charge in [-0.1, -0.05) is 0 Å². The molecule has 0 bridgehead atoms. The molecule has 0 unspecified atom stereocenters. The fourth-order valence-corrected chi connectivity index (χ4v) is 4.30. The van der Waals surface area contributed by atoms with E-state index in [4.69, 9.17) is 14.9 Å². The second-order valence-corrected chi connectivity index (χ2v) is 8.31. The average Bonchev–Trinajstić information content (AvgIpc) is 3.22. The van der Waals surface area contributed by atoms with Crippen molar-refractivity contribution in [2.45, 2.75) is 25.7 Å². The summed E-state index contributed by atoms with van der Waals surface area (Å²) in [5, 5.41) is 17.8. The van der Waals surface area contributed by atoms with Gasteiger partial charge in [-0.3, -0.25) is 4.90 Å². The van der Waals surface area contributed by atoms with Crippen LogP contribution < -0.4 is 9.44 Å².